The molecule has 0 bridgehead atoms. The van der Waals surface area contributed by atoms with E-state index in [1.54, 1.807) is 12.1 Å². The molecule has 5 heteroatoms. The summed E-state index contributed by atoms with van der Waals surface area (Å²) in [4.78, 5) is 7.07. The summed E-state index contributed by atoms with van der Waals surface area (Å²) in [5, 5.41) is 0.650. The van der Waals surface area contributed by atoms with Gasteiger partial charge in [-0.1, -0.05) is 11.6 Å². The maximum Gasteiger partial charge on any atom is 0.186 e. The number of hydrogen-bond acceptors (Lipinski definition) is 1. The Kier molecular flexibility index (Phi) is 2.75. The number of rotatable bonds is 1. The molecule has 0 aliphatic heterocycles. The monoisotopic (exact) mass is 278 g/mol. The van der Waals surface area contributed by atoms with Crippen LogP contribution in [0.15, 0.2) is 30.3 Å². The summed E-state index contributed by atoms with van der Waals surface area (Å²) >= 11 is 5.95. The number of benzene rings is 2. The van der Waals surface area contributed by atoms with Crippen molar-refractivity contribution in [3.8, 4) is 11.4 Å². The maximum absolute atomic E-state index is 13.6. The molecule has 0 amide bonds. The predicted octanol–water partition coefficient (Wildman–Crippen LogP) is 4.47. The van der Waals surface area contributed by atoms with Crippen molar-refractivity contribution in [2.75, 3.05) is 0 Å². The minimum absolute atomic E-state index is 0.00241. The lowest BCUT2D eigenvalue weighted by Gasteiger charge is -2.00. The van der Waals surface area contributed by atoms with Gasteiger partial charge in [-0.3, -0.25) is 0 Å². The van der Waals surface area contributed by atoms with E-state index in [-0.39, 0.29) is 5.52 Å². The highest BCUT2D eigenvalue weighted by molar-refractivity contribution is 6.31. The number of fused-ring (bicyclic) bond motifs is 1. The first kappa shape index (κ1) is 12.1. The number of aryl methyl sites for hydroxylation is 1. The van der Waals surface area contributed by atoms with Crippen LogP contribution in [0.4, 0.5) is 8.78 Å². The Labute approximate surface area is 113 Å². The molecular formula is C14H9ClF2N2. The maximum atomic E-state index is 13.6. The topological polar surface area (TPSA) is 28.7 Å². The van der Waals surface area contributed by atoms with Gasteiger partial charge in [0.2, 0.25) is 0 Å². The van der Waals surface area contributed by atoms with Gasteiger partial charge in [0, 0.05) is 10.6 Å². The second kappa shape index (κ2) is 4.31. The zero-order valence-electron chi connectivity index (χ0n) is 9.97. The minimum atomic E-state index is -0.939. The van der Waals surface area contributed by atoms with E-state index >= 15 is 0 Å². The van der Waals surface area contributed by atoms with Gasteiger partial charge in [-0.05, 0) is 42.8 Å². The van der Waals surface area contributed by atoms with Crippen LogP contribution in [0.2, 0.25) is 5.02 Å². The Morgan fingerprint density at radius 3 is 2.68 bits per heavy atom. The molecule has 1 N–H and O–H groups in total. The van der Waals surface area contributed by atoms with Crippen molar-refractivity contribution in [3.05, 3.63) is 52.6 Å². The van der Waals surface area contributed by atoms with E-state index in [9.17, 15) is 8.78 Å². The SMILES string of the molecule is Cc1cc(-c2nc3c(F)c(F)ccc3[nH]2)ccc1Cl. The summed E-state index contributed by atoms with van der Waals surface area (Å²) in [6.45, 7) is 1.87. The van der Waals surface area contributed by atoms with Crippen LogP contribution >= 0.6 is 11.6 Å². The van der Waals surface area contributed by atoms with Crippen LogP contribution in [-0.4, -0.2) is 9.97 Å². The molecule has 0 aliphatic rings. The van der Waals surface area contributed by atoms with Gasteiger partial charge in [-0.2, -0.15) is 0 Å². The third-order valence-corrected chi connectivity index (χ3v) is 3.40. The molecule has 0 spiro atoms. The fourth-order valence-corrected chi connectivity index (χ4v) is 2.06. The highest BCUT2D eigenvalue weighted by atomic mass is 35.5. The van der Waals surface area contributed by atoms with E-state index in [2.05, 4.69) is 9.97 Å². The molecule has 2 aromatic carbocycles. The van der Waals surface area contributed by atoms with Gasteiger partial charge in [0.05, 0.1) is 5.52 Å². The molecule has 0 saturated carbocycles. The molecule has 1 heterocycles. The van der Waals surface area contributed by atoms with E-state index in [1.165, 1.54) is 6.07 Å². The van der Waals surface area contributed by atoms with Crippen molar-refractivity contribution < 1.29 is 8.78 Å². The van der Waals surface area contributed by atoms with Crippen molar-refractivity contribution in [2.24, 2.45) is 0 Å². The van der Waals surface area contributed by atoms with Crippen LogP contribution in [-0.2, 0) is 0 Å². The van der Waals surface area contributed by atoms with Gasteiger partial charge in [-0.15, -0.1) is 0 Å². The van der Waals surface area contributed by atoms with Crippen molar-refractivity contribution in [3.63, 3.8) is 0 Å². The summed E-state index contributed by atoms with van der Waals surface area (Å²) in [7, 11) is 0. The normalized spacial score (nSPS) is 11.2. The minimum Gasteiger partial charge on any atom is -0.338 e. The number of aromatic amines is 1. The Morgan fingerprint density at radius 2 is 1.95 bits per heavy atom. The van der Waals surface area contributed by atoms with Crippen molar-refractivity contribution in [2.45, 2.75) is 6.92 Å². The van der Waals surface area contributed by atoms with Crippen molar-refractivity contribution in [1.82, 2.24) is 9.97 Å². The number of halogens is 3. The van der Waals surface area contributed by atoms with Crippen LogP contribution in [0.5, 0.6) is 0 Å². The molecule has 0 aliphatic carbocycles. The van der Waals surface area contributed by atoms with Gasteiger partial charge < -0.3 is 4.98 Å². The molecule has 2 nitrogen and oxygen atoms in total. The van der Waals surface area contributed by atoms with Crippen LogP contribution in [0.25, 0.3) is 22.4 Å². The van der Waals surface area contributed by atoms with Crippen LogP contribution in [0.3, 0.4) is 0 Å². The predicted molar refractivity (Wildman–Crippen MR) is 71.2 cm³/mol. The third kappa shape index (κ3) is 1.98. The van der Waals surface area contributed by atoms with E-state index in [0.29, 0.717) is 16.4 Å². The van der Waals surface area contributed by atoms with Crippen LogP contribution in [0, 0.1) is 18.6 Å². The fourth-order valence-electron chi connectivity index (χ4n) is 1.95. The number of imidazole rings is 1. The van der Waals surface area contributed by atoms with Gasteiger partial charge in [0.1, 0.15) is 11.3 Å². The number of hydrogen-bond donors (Lipinski definition) is 1. The standard InChI is InChI=1S/C14H9ClF2N2/c1-7-6-8(2-3-9(7)15)14-18-11-5-4-10(16)12(17)13(11)19-14/h2-6H,1H3,(H,18,19). The van der Waals surface area contributed by atoms with Gasteiger partial charge in [-0.25, -0.2) is 13.8 Å². The molecule has 0 saturated heterocycles. The molecule has 3 aromatic rings. The molecule has 0 unspecified atom stereocenters. The quantitative estimate of drug-likeness (QED) is 0.699. The lowest BCUT2D eigenvalue weighted by atomic mass is 10.1. The average molecular weight is 279 g/mol. The van der Waals surface area contributed by atoms with Gasteiger partial charge in [0.15, 0.2) is 11.6 Å². The second-order valence-corrected chi connectivity index (χ2v) is 4.71. The molecule has 0 atom stereocenters. The lowest BCUT2D eigenvalue weighted by molar-refractivity contribution is 0.515. The zero-order chi connectivity index (χ0) is 13.6. The summed E-state index contributed by atoms with van der Waals surface area (Å²) in [5.41, 5.74) is 2.13. The number of nitrogens with one attached hydrogen (secondary N) is 1. The molecule has 96 valence electrons. The number of nitrogens with zero attached hydrogens (tertiary/aromatic N) is 1. The summed E-state index contributed by atoms with van der Waals surface area (Å²) in [5.74, 6) is -1.36. The van der Waals surface area contributed by atoms with E-state index in [0.717, 1.165) is 17.2 Å². The number of aromatic nitrogens is 2. The molecule has 1 aromatic heterocycles. The highest BCUT2D eigenvalue weighted by Gasteiger charge is 2.13. The zero-order valence-corrected chi connectivity index (χ0v) is 10.7. The Balaban J connectivity index is 2.20. The molecule has 0 fully saturated rings. The first-order chi connectivity index (χ1) is 9.06. The first-order valence-electron chi connectivity index (χ1n) is 5.66. The summed E-state index contributed by atoms with van der Waals surface area (Å²) in [6.07, 6.45) is 0. The third-order valence-electron chi connectivity index (χ3n) is 2.98. The highest BCUT2D eigenvalue weighted by Crippen LogP contribution is 2.26. The molecular weight excluding hydrogens is 270 g/mol. The van der Waals surface area contributed by atoms with Gasteiger partial charge in [0.25, 0.3) is 0 Å². The van der Waals surface area contributed by atoms with Crippen LogP contribution in [0.1, 0.15) is 5.56 Å². The first-order valence-corrected chi connectivity index (χ1v) is 6.04. The smallest absolute Gasteiger partial charge is 0.186 e. The Bertz CT molecular complexity index is 780. The van der Waals surface area contributed by atoms with E-state index in [4.69, 9.17) is 11.6 Å². The average Bonchev–Trinajstić information content (AvgIpc) is 2.82. The second-order valence-electron chi connectivity index (χ2n) is 4.31. The lowest BCUT2D eigenvalue weighted by Crippen LogP contribution is -1.85. The molecule has 19 heavy (non-hydrogen) atoms. The summed E-state index contributed by atoms with van der Waals surface area (Å²) in [6, 6.07) is 7.91. The number of H-pyrrole nitrogens is 1. The van der Waals surface area contributed by atoms with E-state index < -0.39 is 11.6 Å². The molecule has 0 radical (unpaired) electrons. The fraction of sp³-hybridized carbons (Fsp3) is 0.0714. The molecule has 3 rings (SSSR count). The van der Waals surface area contributed by atoms with Crippen molar-refractivity contribution in [1.29, 1.82) is 0 Å². The summed E-state index contributed by atoms with van der Waals surface area (Å²) < 4.78 is 26.7. The Morgan fingerprint density at radius 1 is 1.16 bits per heavy atom. The van der Waals surface area contributed by atoms with Gasteiger partial charge >= 0.3 is 0 Å². The Hall–Kier alpha value is -1.94. The van der Waals surface area contributed by atoms with Crippen LogP contribution < -0.4 is 0 Å². The largest absolute Gasteiger partial charge is 0.338 e. The van der Waals surface area contributed by atoms with E-state index in [1.807, 2.05) is 13.0 Å². The van der Waals surface area contributed by atoms with Crippen molar-refractivity contribution >= 4 is 22.6 Å².